The van der Waals surface area contributed by atoms with Crippen LogP contribution in [0.2, 0.25) is 0 Å². The molecular weight excluding hydrogens is 935 g/mol. The summed E-state index contributed by atoms with van der Waals surface area (Å²) in [6.45, 7) is 0. The first kappa shape index (κ1) is 42.5. The first-order chi connectivity index (χ1) is 38.2. The molecule has 3 heteroatoms. The molecule has 77 heavy (non-hydrogen) atoms. The largest absolute Gasteiger partial charge is 0.457 e. The fourth-order valence-corrected chi connectivity index (χ4v) is 14.5. The number of ether oxygens (including phenoxy) is 2. The van der Waals surface area contributed by atoms with Crippen molar-refractivity contribution >= 4 is 44.7 Å². The van der Waals surface area contributed by atoms with Crippen LogP contribution < -0.4 is 14.4 Å². The molecule has 3 aliphatic carbocycles. The summed E-state index contributed by atoms with van der Waals surface area (Å²) in [7, 11) is 0. The lowest BCUT2D eigenvalue weighted by atomic mass is 9.66. The van der Waals surface area contributed by atoms with Crippen LogP contribution in [0.15, 0.2) is 243 Å². The number of aryl methyl sites for hydroxylation is 1. The van der Waals surface area contributed by atoms with Gasteiger partial charge in [0.2, 0.25) is 0 Å². The van der Waals surface area contributed by atoms with Crippen LogP contribution in [-0.4, -0.2) is 0 Å². The lowest BCUT2D eigenvalue weighted by Gasteiger charge is -2.40. The Morgan fingerprint density at radius 2 is 0.844 bits per heavy atom. The molecular formula is C74H45NO2. The number of benzene rings is 11. The van der Waals surface area contributed by atoms with Crippen LogP contribution in [0, 0.1) is 12.1 Å². The highest BCUT2D eigenvalue weighted by molar-refractivity contribution is 6.13. The minimum absolute atomic E-state index is 0.643. The van der Waals surface area contributed by atoms with Gasteiger partial charge in [0.1, 0.15) is 23.0 Å². The molecule has 0 N–H and O–H groups in total. The Labute approximate surface area is 447 Å². The van der Waals surface area contributed by atoms with E-state index in [1.54, 1.807) is 0 Å². The maximum atomic E-state index is 6.79. The number of nitrogens with zero attached hydrogens (tertiary/aromatic N) is 1. The molecule has 2 spiro atoms. The molecule has 0 saturated heterocycles. The highest BCUT2D eigenvalue weighted by atomic mass is 16.5. The van der Waals surface area contributed by atoms with E-state index in [2.05, 4.69) is 266 Å². The van der Waals surface area contributed by atoms with Gasteiger partial charge in [-0.15, -0.1) is 0 Å². The van der Waals surface area contributed by atoms with E-state index in [1.165, 1.54) is 77.2 Å². The third-order valence-corrected chi connectivity index (χ3v) is 17.5. The van der Waals surface area contributed by atoms with Crippen LogP contribution in [0.3, 0.4) is 0 Å². The topological polar surface area (TPSA) is 21.7 Å². The van der Waals surface area contributed by atoms with E-state index in [9.17, 15) is 0 Å². The number of para-hydroxylation sites is 4. The van der Waals surface area contributed by atoms with Crippen LogP contribution in [0.1, 0.15) is 62.1 Å². The summed E-state index contributed by atoms with van der Waals surface area (Å²) < 4.78 is 13.6. The lowest BCUT2D eigenvalue weighted by Crippen LogP contribution is -2.32. The van der Waals surface area contributed by atoms with E-state index < -0.39 is 10.8 Å². The second kappa shape index (κ2) is 15.8. The summed E-state index contributed by atoms with van der Waals surface area (Å²) in [6, 6.07) is 94.3. The molecule has 358 valence electrons. The first-order valence-corrected chi connectivity index (χ1v) is 26.8. The molecule has 12 aromatic carbocycles. The average Bonchev–Trinajstić information content (AvgIpc) is 4.17. The average molecular weight is 980 g/mol. The monoisotopic (exact) mass is 979 g/mol. The molecule has 0 radical (unpaired) electrons. The van der Waals surface area contributed by atoms with Crippen LogP contribution >= 0.6 is 0 Å². The first-order valence-electron chi connectivity index (χ1n) is 26.8. The van der Waals surface area contributed by atoms with Crippen molar-refractivity contribution in [2.45, 2.75) is 23.7 Å². The van der Waals surface area contributed by atoms with Crippen molar-refractivity contribution in [2.24, 2.45) is 0 Å². The van der Waals surface area contributed by atoms with Gasteiger partial charge in [-0.05, 0) is 134 Å². The van der Waals surface area contributed by atoms with Crippen molar-refractivity contribution in [2.75, 3.05) is 4.90 Å². The van der Waals surface area contributed by atoms with Crippen LogP contribution in [0.5, 0.6) is 23.0 Å². The lowest BCUT2D eigenvalue weighted by molar-refractivity contribution is 0.436. The minimum atomic E-state index is -0.643. The summed E-state index contributed by atoms with van der Waals surface area (Å²) in [4.78, 5) is 2.55. The van der Waals surface area contributed by atoms with Crippen LogP contribution in [0.4, 0.5) is 17.1 Å². The number of rotatable bonds is 4. The van der Waals surface area contributed by atoms with E-state index >= 15 is 0 Å². The van der Waals surface area contributed by atoms with Crippen LogP contribution in [-0.2, 0) is 17.3 Å². The molecule has 0 amide bonds. The number of hydrogen-bond acceptors (Lipinski definition) is 3. The Morgan fingerprint density at radius 1 is 0.390 bits per heavy atom. The Balaban J connectivity index is 0.936. The second-order valence-electron chi connectivity index (χ2n) is 21.0. The molecule has 3 nitrogen and oxygen atoms in total. The van der Waals surface area contributed by atoms with E-state index in [4.69, 9.17) is 9.47 Å². The van der Waals surface area contributed by atoms with E-state index in [0.717, 1.165) is 86.3 Å². The maximum Gasteiger partial charge on any atom is 0.132 e. The molecule has 2 aliphatic heterocycles. The zero-order valence-electron chi connectivity index (χ0n) is 41.8. The summed E-state index contributed by atoms with van der Waals surface area (Å²) in [6.07, 6.45) is 6.64. The van der Waals surface area contributed by atoms with E-state index in [1.807, 2.05) is 0 Å². The molecule has 5 aliphatic rings. The fraction of sp³-hybridized carbons (Fsp3) is 0.0541. The molecule has 0 fully saturated rings. The molecule has 0 aromatic heterocycles. The van der Waals surface area contributed by atoms with Crippen molar-refractivity contribution in [1.29, 1.82) is 0 Å². The molecule has 0 atom stereocenters. The quantitative estimate of drug-likeness (QED) is 0.175. The number of allylic oxidation sites excluding steroid dienone is 1. The Morgan fingerprint density at radius 3 is 1.38 bits per heavy atom. The van der Waals surface area contributed by atoms with Gasteiger partial charge in [0, 0.05) is 50.0 Å². The van der Waals surface area contributed by atoms with Crippen LogP contribution in [0.25, 0.3) is 61.0 Å². The summed E-state index contributed by atoms with van der Waals surface area (Å²) in [5.41, 5.74) is 21.0. The Hall–Kier alpha value is -9.88. The van der Waals surface area contributed by atoms with Gasteiger partial charge >= 0.3 is 0 Å². The zero-order chi connectivity index (χ0) is 50.4. The van der Waals surface area contributed by atoms with Crippen molar-refractivity contribution in [3.8, 4) is 56.4 Å². The highest BCUT2D eigenvalue weighted by Crippen LogP contribution is 2.67. The molecule has 0 saturated carbocycles. The van der Waals surface area contributed by atoms with E-state index in [0.29, 0.717) is 0 Å². The summed E-state index contributed by atoms with van der Waals surface area (Å²) >= 11 is 0. The van der Waals surface area contributed by atoms with Gasteiger partial charge in [-0.2, -0.15) is 0 Å². The van der Waals surface area contributed by atoms with Gasteiger partial charge in [-0.25, -0.2) is 0 Å². The normalized spacial score (nSPS) is 14.6. The molecule has 0 unspecified atom stereocenters. The maximum absolute atomic E-state index is 6.79. The summed E-state index contributed by atoms with van der Waals surface area (Å²) in [5.74, 6) is 3.50. The van der Waals surface area contributed by atoms with Crippen molar-refractivity contribution < 1.29 is 9.47 Å². The number of fused-ring (bicyclic) bond motifs is 24. The van der Waals surface area contributed by atoms with Gasteiger partial charge < -0.3 is 14.4 Å². The van der Waals surface area contributed by atoms with Gasteiger partial charge in [0.05, 0.1) is 22.2 Å². The Kier molecular flexibility index (Phi) is 8.73. The van der Waals surface area contributed by atoms with Gasteiger partial charge in [0.25, 0.3) is 0 Å². The molecule has 12 aromatic rings. The SMILES string of the molecule is c1c(-c2ccc(N(c3cccc4c3-c3ccccc3C43c4ccccc4Oc4ccccc43)c3cccc4c3-c3ccccc3C43c4ccccc4Oc4ccccc43)cc2)cc2c(c#1)c1c(c3ccccc32)C=CCC1. The fourth-order valence-electron chi connectivity index (χ4n) is 14.5. The zero-order valence-corrected chi connectivity index (χ0v) is 41.8. The predicted octanol–water partition coefficient (Wildman–Crippen LogP) is 18.6. The molecule has 0 bridgehead atoms. The smallest absolute Gasteiger partial charge is 0.132 e. The number of anilines is 3. The van der Waals surface area contributed by atoms with Gasteiger partial charge in [-0.1, -0.05) is 206 Å². The minimum Gasteiger partial charge on any atom is -0.457 e. The third-order valence-electron chi connectivity index (χ3n) is 17.5. The van der Waals surface area contributed by atoms with Gasteiger partial charge in [-0.3, -0.25) is 0 Å². The third kappa shape index (κ3) is 5.56. The van der Waals surface area contributed by atoms with Gasteiger partial charge in [0.15, 0.2) is 0 Å². The van der Waals surface area contributed by atoms with Crippen molar-refractivity contribution in [3.05, 3.63) is 310 Å². The highest BCUT2D eigenvalue weighted by Gasteiger charge is 2.54. The van der Waals surface area contributed by atoms with E-state index in [-0.39, 0.29) is 0 Å². The molecule has 2 heterocycles. The number of hydrogen-bond donors (Lipinski definition) is 0. The standard InChI is InChI=1S/C74H45NO2/c1-2-21-51-49(19-1)50-20-3-4-22-52(50)56-45-47(41-44-53(51)56)46-39-42-48(43-40-46)75(65-33-17-31-63-71(65)54-23-5-7-25-57(54)73(63)59-27-9-13-35-67(59)76-68-36-14-10-28-60(68)73)66-34-18-32-64-72(66)55-24-6-8-26-58(55)74(64)61-29-11-15-37-69(61)77-70-38-16-12-30-62(70)74/h1,3-20,22-40,42-43,45H,2,21H2. The van der Waals surface area contributed by atoms with Crippen molar-refractivity contribution in [3.63, 3.8) is 0 Å². The van der Waals surface area contributed by atoms with Crippen molar-refractivity contribution in [1.82, 2.24) is 0 Å². The second-order valence-corrected chi connectivity index (χ2v) is 21.0. The Bertz CT molecular complexity index is 4250. The molecule has 17 rings (SSSR count). The predicted molar refractivity (Wildman–Crippen MR) is 311 cm³/mol. The summed E-state index contributed by atoms with van der Waals surface area (Å²) in [5, 5.41) is 4.94.